The molecule has 3 nitrogen and oxygen atoms in total. The van der Waals surface area contributed by atoms with Gasteiger partial charge in [-0.05, 0) is 17.7 Å². The normalized spacial score (nSPS) is 9.40. The Hall–Kier alpha value is -1.06. The van der Waals surface area contributed by atoms with Crippen molar-refractivity contribution in [3.05, 3.63) is 29.8 Å². The zero-order valence-electron chi connectivity index (χ0n) is 5.67. The van der Waals surface area contributed by atoms with Crippen LogP contribution < -0.4 is 17.0 Å². The summed E-state index contributed by atoms with van der Waals surface area (Å²) in [5.41, 5.74) is 9.92. The van der Waals surface area contributed by atoms with Crippen LogP contribution in [-0.4, -0.2) is 0 Å². The summed E-state index contributed by atoms with van der Waals surface area (Å²) in [6, 6.07) is 7.68. The Morgan fingerprint density at radius 2 is 2.20 bits per heavy atom. The van der Waals surface area contributed by atoms with Crippen LogP contribution in [0.25, 0.3) is 0 Å². The van der Waals surface area contributed by atoms with Gasteiger partial charge in [-0.2, -0.15) is 0 Å². The number of nitrogens with two attached hydrogens (primary N) is 2. The predicted octanol–water partition coefficient (Wildman–Crippen LogP) is 0.431. The van der Waals surface area contributed by atoms with Crippen molar-refractivity contribution >= 4 is 5.69 Å². The highest BCUT2D eigenvalue weighted by atomic mass is 15.2. The lowest BCUT2D eigenvalue weighted by atomic mass is 10.2. The molecule has 0 aliphatic heterocycles. The Morgan fingerprint density at radius 1 is 1.40 bits per heavy atom. The molecule has 54 valence electrons. The third kappa shape index (κ3) is 1.46. The van der Waals surface area contributed by atoms with E-state index in [2.05, 4.69) is 5.43 Å². The van der Waals surface area contributed by atoms with Gasteiger partial charge >= 0.3 is 0 Å². The molecule has 0 atom stereocenters. The molecule has 0 saturated carbocycles. The van der Waals surface area contributed by atoms with E-state index in [1.165, 1.54) is 0 Å². The molecule has 3 heteroatoms. The maximum atomic E-state index is 5.40. The quantitative estimate of drug-likeness (QED) is 0.409. The fourth-order valence-electron chi connectivity index (χ4n) is 0.788. The molecule has 0 amide bonds. The first-order valence-electron chi connectivity index (χ1n) is 3.12. The Labute approximate surface area is 60.0 Å². The van der Waals surface area contributed by atoms with Crippen LogP contribution in [-0.2, 0) is 6.54 Å². The first-order valence-corrected chi connectivity index (χ1v) is 3.12. The maximum absolute atomic E-state index is 5.40. The summed E-state index contributed by atoms with van der Waals surface area (Å²) in [6.45, 7) is 0.551. The van der Waals surface area contributed by atoms with Gasteiger partial charge in [0, 0.05) is 12.2 Å². The second-order valence-corrected chi connectivity index (χ2v) is 2.05. The minimum absolute atomic E-state index is 0.551. The molecule has 0 aliphatic carbocycles. The van der Waals surface area contributed by atoms with Gasteiger partial charge in [-0.1, -0.05) is 12.1 Å². The summed E-state index contributed by atoms with van der Waals surface area (Å²) in [7, 11) is 0. The van der Waals surface area contributed by atoms with Crippen molar-refractivity contribution in [3.63, 3.8) is 0 Å². The van der Waals surface area contributed by atoms with E-state index in [9.17, 15) is 0 Å². The lowest BCUT2D eigenvalue weighted by Gasteiger charge is -2.00. The van der Waals surface area contributed by atoms with Crippen LogP contribution in [0, 0.1) is 0 Å². The fraction of sp³-hybridized carbons (Fsp3) is 0.143. The van der Waals surface area contributed by atoms with E-state index in [-0.39, 0.29) is 0 Å². The summed E-state index contributed by atoms with van der Waals surface area (Å²) in [5.74, 6) is 5.18. The molecule has 1 aromatic rings. The predicted molar refractivity (Wildman–Crippen MR) is 42.1 cm³/mol. The van der Waals surface area contributed by atoms with Crippen molar-refractivity contribution in [2.45, 2.75) is 6.54 Å². The maximum Gasteiger partial charge on any atom is 0.0488 e. The van der Waals surface area contributed by atoms with Crippen LogP contribution in [0.4, 0.5) is 5.69 Å². The Kier molecular flexibility index (Phi) is 2.25. The summed E-state index contributed by atoms with van der Waals surface area (Å²) >= 11 is 0. The lowest BCUT2D eigenvalue weighted by molar-refractivity contribution is 1.07. The Morgan fingerprint density at radius 3 is 2.80 bits per heavy atom. The summed E-state index contributed by atoms with van der Waals surface area (Å²) in [4.78, 5) is 0. The number of hydrogen-bond acceptors (Lipinski definition) is 3. The molecule has 0 spiro atoms. The summed E-state index contributed by atoms with van der Waals surface area (Å²) < 4.78 is 0. The second-order valence-electron chi connectivity index (χ2n) is 2.05. The van der Waals surface area contributed by atoms with E-state index >= 15 is 0 Å². The van der Waals surface area contributed by atoms with E-state index in [4.69, 9.17) is 11.6 Å². The van der Waals surface area contributed by atoms with Gasteiger partial charge in [0.15, 0.2) is 0 Å². The monoisotopic (exact) mass is 137 g/mol. The topological polar surface area (TPSA) is 64.1 Å². The minimum Gasteiger partial charge on any atom is -0.326 e. The largest absolute Gasteiger partial charge is 0.326 e. The summed E-state index contributed by atoms with van der Waals surface area (Å²) in [6.07, 6.45) is 0. The van der Waals surface area contributed by atoms with Crippen molar-refractivity contribution in [1.29, 1.82) is 0 Å². The molecule has 0 aromatic heterocycles. The van der Waals surface area contributed by atoms with Gasteiger partial charge in [0.1, 0.15) is 0 Å². The van der Waals surface area contributed by atoms with E-state index in [1.807, 2.05) is 24.3 Å². The number of benzene rings is 1. The molecule has 10 heavy (non-hydrogen) atoms. The fourth-order valence-corrected chi connectivity index (χ4v) is 0.788. The van der Waals surface area contributed by atoms with E-state index < -0.39 is 0 Å². The van der Waals surface area contributed by atoms with Gasteiger partial charge < -0.3 is 11.2 Å². The van der Waals surface area contributed by atoms with Gasteiger partial charge in [-0.25, -0.2) is 0 Å². The van der Waals surface area contributed by atoms with Crippen molar-refractivity contribution in [3.8, 4) is 0 Å². The molecule has 0 radical (unpaired) electrons. The van der Waals surface area contributed by atoms with Crippen LogP contribution >= 0.6 is 0 Å². The SMILES string of the molecule is NCc1cccc(NN)c1. The number of nitrogens with one attached hydrogen (secondary N) is 1. The molecule has 0 aliphatic rings. The van der Waals surface area contributed by atoms with Gasteiger partial charge in [0.2, 0.25) is 0 Å². The second kappa shape index (κ2) is 3.20. The standard InChI is InChI=1S/C7H11N3/c8-5-6-2-1-3-7(4-6)10-9/h1-4,10H,5,8-9H2. The average molecular weight is 137 g/mol. The number of nitrogen functional groups attached to an aromatic ring is 1. The Balaban J connectivity index is 2.87. The summed E-state index contributed by atoms with van der Waals surface area (Å²) in [5, 5.41) is 0. The number of anilines is 1. The van der Waals surface area contributed by atoms with Crippen LogP contribution in [0.2, 0.25) is 0 Å². The van der Waals surface area contributed by atoms with Crippen molar-refractivity contribution in [1.82, 2.24) is 0 Å². The third-order valence-corrected chi connectivity index (χ3v) is 1.33. The highest BCUT2D eigenvalue weighted by Gasteiger charge is 1.89. The first kappa shape index (κ1) is 7.05. The average Bonchev–Trinajstić information content (AvgIpc) is 2.05. The lowest BCUT2D eigenvalue weighted by Crippen LogP contribution is -2.07. The number of rotatable bonds is 2. The molecule has 1 aromatic carbocycles. The highest BCUT2D eigenvalue weighted by Crippen LogP contribution is 2.07. The van der Waals surface area contributed by atoms with Gasteiger partial charge in [0.25, 0.3) is 0 Å². The smallest absolute Gasteiger partial charge is 0.0488 e. The zero-order chi connectivity index (χ0) is 7.40. The highest BCUT2D eigenvalue weighted by molar-refractivity contribution is 5.44. The molecular weight excluding hydrogens is 126 g/mol. The van der Waals surface area contributed by atoms with Gasteiger partial charge in [0.05, 0.1) is 0 Å². The first-order chi connectivity index (χ1) is 4.86. The molecule has 0 unspecified atom stereocenters. The molecular formula is C7H11N3. The molecule has 0 saturated heterocycles. The van der Waals surface area contributed by atoms with E-state index in [0.29, 0.717) is 6.54 Å². The molecule has 1 rings (SSSR count). The molecule has 0 bridgehead atoms. The Bertz CT molecular complexity index is 191. The molecule has 5 N–H and O–H groups in total. The molecule has 0 heterocycles. The van der Waals surface area contributed by atoms with Crippen LogP contribution in [0.1, 0.15) is 5.56 Å². The van der Waals surface area contributed by atoms with Gasteiger partial charge in [-0.15, -0.1) is 0 Å². The zero-order valence-corrected chi connectivity index (χ0v) is 5.67. The van der Waals surface area contributed by atoms with Gasteiger partial charge in [-0.3, -0.25) is 5.84 Å². The van der Waals surface area contributed by atoms with Crippen molar-refractivity contribution < 1.29 is 0 Å². The van der Waals surface area contributed by atoms with Crippen molar-refractivity contribution in [2.75, 3.05) is 5.43 Å². The van der Waals surface area contributed by atoms with Crippen LogP contribution in [0.3, 0.4) is 0 Å². The van der Waals surface area contributed by atoms with Crippen LogP contribution in [0.5, 0.6) is 0 Å². The third-order valence-electron chi connectivity index (χ3n) is 1.33. The van der Waals surface area contributed by atoms with Crippen LogP contribution in [0.15, 0.2) is 24.3 Å². The van der Waals surface area contributed by atoms with Crippen molar-refractivity contribution in [2.24, 2.45) is 11.6 Å². The van der Waals surface area contributed by atoms with E-state index in [0.717, 1.165) is 11.3 Å². The minimum atomic E-state index is 0.551. The number of hydrazine groups is 1. The molecule has 0 fully saturated rings. The number of hydrogen-bond donors (Lipinski definition) is 3. The van der Waals surface area contributed by atoms with E-state index in [1.54, 1.807) is 0 Å².